The average Bonchev–Trinajstić information content (AvgIpc) is 2.99. The van der Waals surface area contributed by atoms with E-state index in [9.17, 15) is 9.90 Å². The third-order valence-corrected chi connectivity index (χ3v) is 4.85. The normalized spacial score (nSPS) is 22.9. The van der Waals surface area contributed by atoms with E-state index in [1.165, 1.54) is 11.3 Å². The molecule has 0 aliphatic heterocycles. The number of nitrogens with one attached hydrogen (secondary N) is 1. The van der Waals surface area contributed by atoms with Gasteiger partial charge < -0.3 is 10.1 Å². The molecule has 5 nitrogen and oxygen atoms in total. The number of hydrogen-bond donors (Lipinski definition) is 2. The van der Waals surface area contributed by atoms with Crippen molar-refractivity contribution < 1.29 is 5.11 Å². The van der Waals surface area contributed by atoms with E-state index in [2.05, 4.69) is 14.9 Å². The van der Waals surface area contributed by atoms with Crippen LogP contribution in [0, 0.1) is 5.92 Å². The summed E-state index contributed by atoms with van der Waals surface area (Å²) in [6.07, 6.45) is 2.92. The number of thiophene rings is 1. The highest BCUT2D eigenvalue weighted by Gasteiger charge is 2.26. The third-order valence-electron chi connectivity index (χ3n) is 3.95. The molecule has 108 valence electrons. The Morgan fingerprint density at radius 1 is 1.55 bits per heavy atom. The van der Waals surface area contributed by atoms with Crippen LogP contribution in [0.3, 0.4) is 0 Å². The molecular weight excluding hydrogens is 274 g/mol. The van der Waals surface area contributed by atoms with Gasteiger partial charge in [0.05, 0.1) is 18.2 Å². The number of aromatic nitrogens is 2. The number of hydrogen-bond acceptors (Lipinski definition) is 5. The van der Waals surface area contributed by atoms with Crippen molar-refractivity contribution in [3.63, 3.8) is 0 Å². The van der Waals surface area contributed by atoms with Crippen LogP contribution in [0.15, 0.2) is 16.2 Å². The van der Waals surface area contributed by atoms with E-state index in [4.69, 9.17) is 0 Å². The second-order valence-corrected chi connectivity index (χ2v) is 6.52. The van der Waals surface area contributed by atoms with Gasteiger partial charge in [0, 0.05) is 6.54 Å². The van der Waals surface area contributed by atoms with Crippen molar-refractivity contribution in [3.8, 4) is 0 Å². The number of fused-ring (bicyclic) bond motifs is 1. The van der Waals surface area contributed by atoms with E-state index in [1.54, 1.807) is 0 Å². The highest BCUT2D eigenvalue weighted by Crippen LogP contribution is 2.26. The van der Waals surface area contributed by atoms with Crippen molar-refractivity contribution in [1.29, 1.82) is 0 Å². The highest BCUT2D eigenvalue weighted by molar-refractivity contribution is 7.17. The van der Waals surface area contributed by atoms with E-state index in [1.807, 2.05) is 18.5 Å². The molecule has 0 spiro atoms. The van der Waals surface area contributed by atoms with Crippen LogP contribution < -0.4 is 5.56 Å². The maximum atomic E-state index is 11.9. The molecule has 2 aromatic rings. The Labute approximate surface area is 121 Å². The fraction of sp³-hybridized carbons (Fsp3) is 0.571. The fourth-order valence-corrected chi connectivity index (χ4v) is 3.67. The lowest BCUT2D eigenvalue weighted by molar-refractivity contribution is 0.107. The Morgan fingerprint density at radius 2 is 2.40 bits per heavy atom. The molecule has 0 bridgehead atoms. The first-order valence-electron chi connectivity index (χ1n) is 6.96. The molecule has 2 N–H and O–H groups in total. The lowest BCUT2D eigenvalue weighted by atomic mass is 10.1. The van der Waals surface area contributed by atoms with Crippen LogP contribution in [0.1, 0.15) is 25.1 Å². The third kappa shape index (κ3) is 2.77. The second kappa shape index (κ2) is 5.63. The van der Waals surface area contributed by atoms with Gasteiger partial charge in [-0.05, 0) is 37.3 Å². The standard InChI is InChI=1S/C14H19N3O2S/c1-17(7-9-3-2-4-11(9)18)8-12-15-10-5-6-20-13(10)14(19)16-12/h5-6,9,11,18H,2-4,7-8H2,1H3,(H,15,16,19). The monoisotopic (exact) mass is 293 g/mol. The number of aliphatic hydroxyl groups is 1. The van der Waals surface area contributed by atoms with Crippen molar-refractivity contribution in [2.45, 2.75) is 31.9 Å². The van der Waals surface area contributed by atoms with Gasteiger partial charge in [-0.2, -0.15) is 0 Å². The summed E-state index contributed by atoms with van der Waals surface area (Å²) in [5.74, 6) is 1.03. The second-order valence-electron chi connectivity index (χ2n) is 5.60. The molecule has 0 radical (unpaired) electrons. The Kier molecular flexibility index (Phi) is 3.87. The van der Waals surface area contributed by atoms with E-state index in [0.29, 0.717) is 23.0 Å². The molecule has 2 heterocycles. The van der Waals surface area contributed by atoms with Crippen molar-refractivity contribution in [2.24, 2.45) is 5.92 Å². The molecule has 3 rings (SSSR count). The predicted octanol–water partition coefficient (Wildman–Crippen LogP) is 1.58. The van der Waals surface area contributed by atoms with Gasteiger partial charge in [0.1, 0.15) is 10.5 Å². The van der Waals surface area contributed by atoms with Crippen molar-refractivity contribution in [2.75, 3.05) is 13.6 Å². The smallest absolute Gasteiger partial charge is 0.268 e. The van der Waals surface area contributed by atoms with Gasteiger partial charge in [-0.15, -0.1) is 11.3 Å². The van der Waals surface area contributed by atoms with Crippen LogP contribution in [0.5, 0.6) is 0 Å². The summed E-state index contributed by atoms with van der Waals surface area (Å²) >= 11 is 1.42. The van der Waals surface area contributed by atoms with E-state index in [0.717, 1.165) is 31.3 Å². The van der Waals surface area contributed by atoms with Gasteiger partial charge in [-0.1, -0.05) is 6.42 Å². The molecule has 1 fully saturated rings. The zero-order valence-electron chi connectivity index (χ0n) is 11.5. The summed E-state index contributed by atoms with van der Waals surface area (Å²) in [4.78, 5) is 21.3. The number of aliphatic hydroxyl groups excluding tert-OH is 1. The van der Waals surface area contributed by atoms with Gasteiger partial charge in [0.25, 0.3) is 5.56 Å². The van der Waals surface area contributed by atoms with Gasteiger partial charge in [0.15, 0.2) is 0 Å². The number of H-pyrrole nitrogens is 1. The van der Waals surface area contributed by atoms with Crippen LogP contribution in [-0.4, -0.2) is 39.7 Å². The SMILES string of the molecule is CN(Cc1nc2ccsc2c(=O)[nH]1)CC1CCCC1O. The van der Waals surface area contributed by atoms with Crippen molar-refractivity contribution >= 4 is 21.6 Å². The first-order chi connectivity index (χ1) is 9.63. The van der Waals surface area contributed by atoms with Crippen LogP contribution in [0.2, 0.25) is 0 Å². The lowest BCUT2D eigenvalue weighted by Crippen LogP contribution is -2.30. The van der Waals surface area contributed by atoms with E-state index >= 15 is 0 Å². The van der Waals surface area contributed by atoms with Crippen LogP contribution >= 0.6 is 11.3 Å². The number of aromatic amines is 1. The molecule has 0 saturated heterocycles. The minimum Gasteiger partial charge on any atom is -0.393 e. The summed E-state index contributed by atoms with van der Waals surface area (Å²) in [6, 6.07) is 1.87. The lowest BCUT2D eigenvalue weighted by Gasteiger charge is -2.22. The minimum absolute atomic E-state index is 0.0608. The first kappa shape index (κ1) is 13.7. The van der Waals surface area contributed by atoms with Crippen LogP contribution in [-0.2, 0) is 6.54 Å². The molecule has 2 aromatic heterocycles. The molecule has 1 aliphatic carbocycles. The fourth-order valence-electron chi connectivity index (χ4n) is 2.95. The quantitative estimate of drug-likeness (QED) is 0.898. The van der Waals surface area contributed by atoms with Crippen molar-refractivity contribution in [1.82, 2.24) is 14.9 Å². The van der Waals surface area contributed by atoms with Crippen LogP contribution in [0.25, 0.3) is 10.2 Å². The maximum Gasteiger partial charge on any atom is 0.268 e. The summed E-state index contributed by atoms with van der Waals surface area (Å²) in [5.41, 5.74) is 0.706. The molecule has 6 heteroatoms. The zero-order valence-corrected chi connectivity index (χ0v) is 12.3. The van der Waals surface area contributed by atoms with Gasteiger partial charge >= 0.3 is 0 Å². The summed E-state index contributed by atoms with van der Waals surface area (Å²) in [7, 11) is 2.00. The molecular formula is C14H19N3O2S. The molecule has 20 heavy (non-hydrogen) atoms. The largest absolute Gasteiger partial charge is 0.393 e. The summed E-state index contributed by atoms with van der Waals surface area (Å²) in [6.45, 7) is 1.44. The van der Waals surface area contributed by atoms with Gasteiger partial charge in [0.2, 0.25) is 0 Å². The molecule has 0 amide bonds. The maximum absolute atomic E-state index is 11.9. The van der Waals surface area contributed by atoms with Gasteiger partial charge in [-0.25, -0.2) is 4.98 Å². The van der Waals surface area contributed by atoms with Gasteiger partial charge in [-0.3, -0.25) is 9.69 Å². The Hall–Kier alpha value is -1.24. The summed E-state index contributed by atoms with van der Waals surface area (Å²) < 4.78 is 0.683. The molecule has 1 aliphatic rings. The predicted molar refractivity (Wildman–Crippen MR) is 79.9 cm³/mol. The number of nitrogens with zero attached hydrogens (tertiary/aromatic N) is 2. The zero-order chi connectivity index (χ0) is 14.1. The summed E-state index contributed by atoms with van der Waals surface area (Å²) in [5, 5.41) is 11.7. The minimum atomic E-state index is -0.177. The average molecular weight is 293 g/mol. The Bertz CT molecular complexity index is 651. The Balaban J connectivity index is 1.70. The van der Waals surface area contributed by atoms with Crippen molar-refractivity contribution in [3.05, 3.63) is 27.6 Å². The molecule has 2 atom stereocenters. The van der Waals surface area contributed by atoms with E-state index < -0.39 is 0 Å². The topological polar surface area (TPSA) is 69.2 Å². The van der Waals surface area contributed by atoms with E-state index in [-0.39, 0.29) is 11.7 Å². The molecule has 2 unspecified atom stereocenters. The Morgan fingerprint density at radius 3 is 3.15 bits per heavy atom. The number of rotatable bonds is 4. The highest BCUT2D eigenvalue weighted by atomic mass is 32.1. The van der Waals surface area contributed by atoms with Crippen LogP contribution in [0.4, 0.5) is 0 Å². The molecule has 0 aromatic carbocycles. The first-order valence-corrected chi connectivity index (χ1v) is 7.84. The molecule has 1 saturated carbocycles.